The fourth-order valence-electron chi connectivity index (χ4n) is 1.50. The average molecular weight is 236 g/mol. The van der Waals surface area contributed by atoms with Crippen molar-refractivity contribution in [3.63, 3.8) is 0 Å². The summed E-state index contributed by atoms with van der Waals surface area (Å²) >= 11 is 0. The zero-order chi connectivity index (χ0) is 12.5. The molecule has 1 amide bonds. The zero-order valence-corrected chi connectivity index (χ0v) is 10.2. The van der Waals surface area contributed by atoms with Gasteiger partial charge in [0.1, 0.15) is 5.75 Å². The molecule has 4 nitrogen and oxygen atoms in total. The van der Waals surface area contributed by atoms with Crippen LogP contribution in [0.1, 0.15) is 19.8 Å². The van der Waals surface area contributed by atoms with Gasteiger partial charge in [-0.1, -0.05) is 25.1 Å². The van der Waals surface area contributed by atoms with Gasteiger partial charge in [0.2, 0.25) is 5.91 Å². The summed E-state index contributed by atoms with van der Waals surface area (Å²) in [6.45, 7) is 3.30. The highest BCUT2D eigenvalue weighted by atomic mass is 16.5. The van der Waals surface area contributed by atoms with E-state index < -0.39 is 0 Å². The third-order valence-electron chi connectivity index (χ3n) is 2.48. The van der Waals surface area contributed by atoms with Gasteiger partial charge in [-0.05, 0) is 31.5 Å². The smallest absolute Gasteiger partial charge is 0.234 e. The second kappa shape index (κ2) is 7.68. The van der Waals surface area contributed by atoms with Crippen molar-refractivity contribution in [1.29, 1.82) is 0 Å². The van der Waals surface area contributed by atoms with Gasteiger partial charge in [-0.3, -0.25) is 4.79 Å². The Balaban J connectivity index is 2.10. The molecule has 0 spiro atoms. The van der Waals surface area contributed by atoms with E-state index in [1.54, 1.807) is 0 Å². The number of para-hydroxylation sites is 1. The fourth-order valence-corrected chi connectivity index (χ4v) is 1.50. The largest absolute Gasteiger partial charge is 0.494 e. The van der Waals surface area contributed by atoms with Crippen LogP contribution in [-0.4, -0.2) is 25.1 Å². The van der Waals surface area contributed by atoms with E-state index in [0.717, 1.165) is 25.1 Å². The lowest BCUT2D eigenvalue weighted by atomic mass is 10.2. The third kappa shape index (κ3) is 5.36. The van der Waals surface area contributed by atoms with Crippen molar-refractivity contribution in [1.82, 2.24) is 5.32 Å². The predicted octanol–water partition coefficient (Wildman–Crippen LogP) is 1.31. The van der Waals surface area contributed by atoms with E-state index in [9.17, 15) is 4.79 Å². The quantitative estimate of drug-likeness (QED) is 0.669. The number of hydrogen-bond acceptors (Lipinski definition) is 3. The van der Waals surface area contributed by atoms with Crippen molar-refractivity contribution >= 4 is 5.91 Å². The maximum absolute atomic E-state index is 10.9. The van der Waals surface area contributed by atoms with Crippen molar-refractivity contribution < 1.29 is 9.53 Å². The summed E-state index contributed by atoms with van der Waals surface area (Å²) < 4.78 is 5.53. The molecular weight excluding hydrogens is 216 g/mol. The minimum atomic E-state index is -0.295. The van der Waals surface area contributed by atoms with Crippen LogP contribution >= 0.6 is 0 Å². The average Bonchev–Trinajstić information content (AvgIpc) is 2.34. The third-order valence-corrected chi connectivity index (χ3v) is 2.48. The molecule has 0 saturated carbocycles. The molecule has 0 aliphatic carbocycles. The van der Waals surface area contributed by atoms with Crippen LogP contribution < -0.4 is 15.8 Å². The van der Waals surface area contributed by atoms with Crippen LogP contribution in [0.2, 0.25) is 0 Å². The van der Waals surface area contributed by atoms with Crippen LogP contribution in [0, 0.1) is 0 Å². The van der Waals surface area contributed by atoms with E-state index in [2.05, 4.69) is 5.32 Å². The number of nitrogens with one attached hydrogen (secondary N) is 1. The Morgan fingerprint density at radius 3 is 2.71 bits per heavy atom. The molecule has 0 saturated heterocycles. The zero-order valence-electron chi connectivity index (χ0n) is 10.2. The first-order valence-electron chi connectivity index (χ1n) is 5.94. The van der Waals surface area contributed by atoms with E-state index in [1.807, 2.05) is 37.3 Å². The summed E-state index contributed by atoms with van der Waals surface area (Å²) in [5.74, 6) is 0.575. The number of amides is 1. The lowest BCUT2D eigenvalue weighted by Crippen LogP contribution is -2.41. The summed E-state index contributed by atoms with van der Waals surface area (Å²) in [4.78, 5) is 10.9. The molecule has 1 unspecified atom stereocenters. The molecule has 17 heavy (non-hydrogen) atoms. The SMILES string of the molecule is CCC(NCCCOc1ccccc1)C(N)=O. The highest BCUT2D eigenvalue weighted by Crippen LogP contribution is 2.08. The first kappa shape index (κ1) is 13.5. The molecule has 1 aromatic carbocycles. The van der Waals surface area contributed by atoms with Gasteiger partial charge in [-0.15, -0.1) is 0 Å². The first-order chi connectivity index (χ1) is 8.24. The van der Waals surface area contributed by atoms with Gasteiger partial charge >= 0.3 is 0 Å². The molecule has 0 bridgehead atoms. The molecule has 0 aliphatic heterocycles. The molecular formula is C13H20N2O2. The van der Waals surface area contributed by atoms with Crippen LogP contribution in [0.25, 0.3) is 0 Å². The lowest BCUT2D eigenvalue weighted by Gasteiger charge is -2.13. The molecule has 3 N–H and O–H groups in total. The molecule has 0 aliphatic rings. The Bertz CT molecular complexity index is 327. The number of primary amides is 1. The Morgan fingerprint density at radius 1 is 1.41 bits per heavy atom. The van der Waals surface area contributed by atoms with Crippen LogP contribution in [0.15, 0.2) is 30.3 Å². The van der Waals surface area contributed by atoms with E-state index in [1.165, 1.54) is 0 Å². The molecule has 1 aromatic rings. The second-order valence-electron chi connectivity index (χ2n) is 3.83. The van der Waals surface area contributed by atoms with E-state index in [-0.39, 0.29) is 11.9 Å². The van der Waals surface area contributed by atoms with Gasteiger partial charge in [0.15, 0.2) is 0 Å². The highest BCUT2D eigenvalue weighted by Gasteiger charge is 2.10. The summed E-state index contributed by atoms with van der Waals surface area (Å²) in [7, 11) is 0. The normalized spacial score (nSPS) is 12.1. The maximum atomic E-state index is 10.9. The number of carbonyl (C=O) groups is 1. The summed E-state index contributed by atoms with van der Waals surface area (Å²) in [5.41, 5.74) is 5.22. The van der Waals surface area contributed by atoms with Gasteiger partial charge in [-0.2, -0.15) is 0 Å². The number of hydrogen-bond donors (Lipinski definition) is 2. The molecule has 0 aromatic heterocycles. The molecule has 1 rings (SSSR count). The van der Waals surface area contributed by atoms with E-state index in [4.69, 9.17) is 10.5 Å². The number of nitrogens with two attached hydrogens (primary N) is 1. The summed E-state index contributed by atoms with van der Waals surface area (Å²) in [5, 5.41) is 3.10. The van der Waals surface area contributed by atoms with Crippen LogP contribution in [-0.2, 0) is 4.79 Å². The summed E-state index contributed by atoms with van der Waals surface area (Å²) in [6.07, 6.45) is 1.56. The van der Waals surface area contributed by atoms with Crippen LogP contribution in [0.5, 0.6) is 5.75 Å². The van der Waals surface area contributed by atoms with Gasteiger partial charge in [0.25, 0.3) is 0 Å². The van der Waals surface area contributed by atoms with E-state index >= 15 is 0 Å². The van der Waals surface area contributed by atoms with Crippen LogP contribution in [0.4, 0.5) is 0 Å². The predicted molar refractivity (Wildman–Crippen MR) is 67.8 cm³/mol. The Kier molecular flexibility index (Phi) is 6.10. The summed E-state index contributed by atoms with van der Waals surface area (Å²) in [6, 6.07) is 9.44. The minimum Gasteiger partial charge on any atom is -0.494 e. The number of ether oxygens (including phenoxy) is 1. The van der Waals surface area contributed by atoms with Gasteiger partial charge < -0.3 is 15.8 Å². The Labute approximate surface area is 102 Å². The molecule has 0 heterocycles. The minimum absolute atomic E-state index is 0.230. The van der Waals surface area contributed by atoms with Crippen molar-refractivity contribution in [2.24, 2.45) is 5.73 Å². The van der Waals surface area contributed by atoms with Crippen molar-refractivity contribution in [3.05, 3.63) is 30.3 Å². The van der Waals surface area contributed by atoms with Crippen LogP contribution in [0.3, 0.4) is 0 Å². The Hall–Kier alpha value is -1.55. The second-order valence-corrected chi connectivity index (χ2v) is 3.83. The van der Waals surface area contributed by atoms with Crippen molar-refractivity contribution in [3.8, 4) is 5.75 Å². The molecule has 94 valence electrons. The number of carbonyl (C=O) groups excluding carboxylic acids is 1. The monoisotopic (exact) mass is 236 g/mol. The molecule has 0 fully saturated rings. The first-order valence-corrected chi connectivity index (χ1v) is 5.94. The fraction of sp³-hybridized carbons (Fsp3) is 0.462. The maximum Gasteiger partial charge on any atom is 0.234 e. The van der Waals surface area contributed by atoms with E-state index in [0.29, 0.717) is 6.61 Å². The Morgan fingerprint density at radius 2 is 2.12 bits per heavy atom. The molecule has 0 radical (unpaired) electrons. The highest BCUT2D eigenvalue weighted by molar-refractivity contribution is 5.79. The number of rotatable bonds is 8. The van der Waals surface area contributed by atoms with Gasteiger partial charge in [-0.25, -0.2) is 0 Å². The molecule has 4 heteroatoms. The molecule has 1 atom stereocenters. The standard InChI is InChI=1S/C13H20N2O2/c1-2-12(13(14)16)15-9-6-10-17-11-7-4-3-5-8-11/h3-5,7-8,12,15H,2,6,9-10H2,1H3,(H2,14,16). The number of benzene rings is 1. The van der Waals surface area contributed by atoms with Crippen molar-refractivity contribution in [2.75, 3.05) is 13.2 Å². The lowest BCUT2D eigenvalue weighted by molar-refractivity contribution is -0.120. The topological polar surface area (TPSA) is 64.3 Å². The van der Waals surface area contributed by atoms with Gasteiger partial charge in [0, 0.05) is 0 Å². The van der Waals surface area contributed by atoms with Gasteiger partial charge in [0.05, 0.1) is 12.6 Å². The van der Waals surface area contributed by atoms with Crippen molar-refractivity contribution in [2.45, 2.75) is 25.8 Å².